The summed E-state index contributed by atoms with van der Waals surface area (Å²) < 4.78 is 5.29. The Morgan fingerprint density at radius 1 is 1.13 bits per heavy atom. The Balaban J connectivity index is 1.87. The third-order valence-corrected chi connectivity index (χ3v) is 6.41. The highest BCUT2D eigenvalue weighted by atomic mass is 35.5. The van der Waals surface area contributed by atoms with Crippen molar-refractivity contribution in [3.63, 3.8) is 0 Å². The highest BCUT2D eigenvalue weighted by Crippen LogP contribution is 2.39. The molecule has 1 aromatic carbocycles. The number of nitrogens with zero attached hydrogens (tertiary/aromatic N) is 3. The van der Waals surface area contributed by atoms with Gasteiger partial charge in [0.15, 0.2) is 0 Å². The molecule has 3 rings (SSSR count). The molecule has 0 bridgehead atoms. The third-order valence-electron chi connectivity index (χ3n) is 6.06. The van der Waals surface area contributed by atoms with E-state index in [-0.39, 0.29) is 31.4 Å². The van der Waals surface area contributed by atoms with Gasteiger partial charge in [0.2, 0.25) is 11.8 Å². The fraction of sp³-hybridized carbons (Fsp3) is 0.522. The average molecular weight is 448 g/mol. The fourth-order valence-corrected chi connectivity index (χ4v) is 4.52. The van der Waals surface area contributed by atoms with Gasteiger partial charge in [-0.3, -0.25) is 9.59 Å². The second-order valence-corrected chi connectivity index (χ2v) is 8.20. The van der Waals surface area contributed by atoms with Crippen LogP contribution in [0.4, 0.5) is 0 Å². The molecular weight excluding hydrogens is 418 g/mol. The van der Waals surface area contributed by atoms with Gasteiger partial charge in [-0.15, -0.1) is 0 Å². The Morgan fingerprint density at radius 3 is 2.42 bits per heavy atom. The molecule has 1 atom stereocenters. The largest absolute Gasteiger partial charge is 0.463 e. The topological polar surface area (TPSA) is 70.2 Å². The zero-order chi connectivity index (χ0) is 22.5. The summed E-state index contributed by atoms with van der Waals surface area (Å²) in [6.45, 7) is 9.59. The number of allylic oxidation sites excluding steroid dienone is 1. The Morgan fingerprint density at radius 2 is 1.81 bits per heavy atom. The molecule has 8 heteroatoms. The van der Waals surface area contributed by atoms with Gasteiger partial charge in [0.1, 0.15) is 6.54 Å². The Hall–Kier alpha value is -2.38. The number of hydrogen-bond donors (Lipinski definition) is 0. The van der Waals surface area contributed by atoms with E-state index in [0.29, 0.717) is 34.9 Å². The van der Waals surface area contributed by atoms with E-state index >= 15 is 0 Å². The summed E-state index contributed by atoms with van der Waals surface area (Å²) in [6.07, 6.45) is 0.0616. The highest BCUT2D eigenvalue weighted by Gasteiger charge is 2.38. The molecule has 0 aromatic heterocycles. The van der Waals surface area contributed by atoms with Crippen molar-refractivity contribution >= 4 is 29.4 Å². The summed E-state index contributed by atoms with van der Waals surface area (Å²) >= 11 is 6.38. The standard InChI is InChI=1S/C23H30ClN3O4/c1-4-25-10-12-26(13-11-25)21(29)15-27-16(3)22(23(30)31-5-2)18(14-20(27)28)17-8-6-7-9-19(17)24/h6-9,18H,4-5,10-15H2,1-3H3. The van der Waals surface area contributed by atoms with Crippen LogP contribution in [0, 0.1) is 0 Å². The monoisotopic (exact) mass is 447 g/mol. The molecule has 0 N–H and O–H groups in total. The van der Waals surface area contributed by atoms with Crippen LogP contribution in [0.25, 0.3) is 0 Å². The van der Waals surface area contributed by atoms with E-state index in [1.165, 1.54) is 4.90 Å². The lowest BCUT2D eigenvalue weighted by atomic mass is 9.83. The van der Waals surface area contributed by atoms with Gasteiger partial charge in [0.25, 0.3) is 0 Å². The zero-order valence-electron chi connectivity index (χ0n) is 18.4. The van der Waals surface area contributed by atoms with Crippen LogP contribution >= 0.6 is 11.6 Å². The number of halogens is 1. The summed E-state index contributed by atoms with van der Waals surface area (Å²) in [5.74, 6) is -1.29. The molecule has 0 spiro atoms. The molecule has 1 fully saturated rings. The highest BCUT2D eigenvalue weighted by molar-refractivity contribution is 6.31. The van der Waals surface area contributed by atoms with Crippen molar-refractivity contribution in [3.05, 3.63) is 46.1 Å². The first-order chi connectivity index (χ1) is 14.9. The molecule has 31 heavy (non-hydrogen) atoms. The Bertz CT molecular complexity index is 877. The number of rotatable bonds is 6. The molecule has 1 aromatic rings. The maximum Gasteiger partial charge on any atom is 0.336 e. The number of esters is 1. The Kier molecular flexibility index (Phi) is 7.73. The normalized spacial score (nSPS) is 20.3. The van der Waals surface area contributed by atoms with Gasteiger partial charge in [-0.05, 0) is 32.0 Å². The molecule has 168 valence electrons. The van der Waals surface area contributed by atoms with Crippen LogP contribution in [0.1, 0.15) is 38.7 Å². The molecule has 0 saturated carbocycles. The second kappa shape index (κ2) is 10.3. The molecule has 2 amide bonds. The number of likely N-dealkylation sites (N-methyl/N-ethyl adjacent to an activating group) is 1. The molecule has 7 nitrogen and oxygen atoms in total. The van der Waals surface area contributed by atoms with Crippen molar-refractivity contribution in [2.45, 2.75) is 33.1 Å². The quantitative estimate of drug-likeness (QED) is 0.627. The van der Waals surface area contributed by atoms with Crippen LogP contribution < -0.4 is 0 Å². The van der Waals surface area contributed by atoms with Crippen LogP contribution in [-0.4, -0.2) is 78.4 Å². The summed E-state index contributed by atoms with van der Waals surface area (Å²) in [4.78, 5) is 44.3. The lowest BCUT2D eigenvalue weighted by Crippen LogP contribution is -2.52. The fourth-order valence-electron chi connectivity index (χ4n) is 4.25. The molecule has 2 aliphatic heterocycles. The summed E-state index contributed by atoms with van der Waals surface area (Å²) in [5, 5.41) is 0.494. The predicted molar refractivity (Wildman–Crippen MR) is 119 cm³/mol. The van der Waals surface area contributed by atoms with E-state index in [2.05, 4.69) is 11.8 Å². The van der Waals surface area contributed by atoms with Crippen LogP contribution in [-0.2, 0) is 19.1 Å². The van der Waals surface area contributed by atoms with E-state index in [4.69, 9.17) is 16.3 Å². The average Bonchev–Trinajstić information content (AvgIpc) is 2.76. The van der Waals surface area contributed by atoms with E-state index in [9.17, 15) is 14.4 Å². The minimum Gasteiger partial charge on any atom is -0.463 e. The predicted octanol–water partition coefficient (Wildman–Crippen LogP) is 2.66. The van der Waals surface area contributed by atoms with Gasteiger partial charge in [0.05, 0.1) is 12.2 Å². The molecule has 0 radical (unpaired) electrons. The molecule has 1 saturated heterocycles. The van der Waals surface area contributed by atoms with Crippen LogP contribution in [0.2, 0.25) is 5.02 Å². The first kappa shape index (κ1) is 23.3. The van der Waals surface area contributed by atoms with E-state index in [0.717, 1.165) is 19.6 Å². The SMILES string of the molecule is CCOC(=O)C1=C(C)N(CC(=O)N2CCN(CC)CC2)C(=O)CC1c1ccccc1Cl. The van der Waals surface area contributed by atoms with Gasteiger partial charge in [-0.25, -0.2) is 4.79 Å². The number of carbonyl (C=O) groups is 3. The molecule has 0 aliphatic carbocycles. The zero-order valence-corrected chi connectivity index (χ0v) is 19.2. The van der Waals surface area contributed by atoms with E-state index in [1.807, 2.05) is 12.1 Å². The van der Waals surface area contributed by atoms with Gasteiger partial charge >= 0.3 is 5.97 Å². The maximum absolute atomic E-state index is 13.1. The van der Waals surface area contributed by atoms with Crippen molar-refractivity contribution in [3.8, 4) is 0 Å². The lowest BCUT2D eigenvalue weighted by molar-refractivity contribution is -0.143. The van der Waals surface area contributed by atoms with Crippen molar-refractivity contribution in [1.82, 2.24) is 14.7 Å². The number of carbonyl (C=O) groups excluding carboxylic acids is 3. The minimum atomic E-state index is -0.500. The van der Waals surface area contributed by atoms with Gasteiger partial charge < -0.3 is 19.4 Å². The van der Waals surface area contributed by atoms with Gasteiger partial charge in [-0.2, -0.15) is 0 Å². The molecular formula is C23H30ClN3O4. The van der Waals surface area contributed by atoms with Crippen LogP contribution in [0.5, 0.6) is 0 Å². The smallest absolute Gasteiger partial charge is 0.336 e. The minimum absolute atomic E-state index is 0.0616. The number of amides is 2. The van der Waals surface area contributed by atoms with E-state index < -0.39 is 11.9 Å². The summed E-state index contributed by atoms with van der Waals surface area (Å²) in [5.41, 5.74) is 1.56. The number of ether oxygens (including phenoxy) is 1. The first-order valence-corrected chi connectivity index (χ1v) is 11.2. The van der Waals surface area contributed by atoms with Crippen LogP contribution in [0.3, 0.4) is 0 Å². The van der Waals surface area contributed by atoms with Gasteiger partial charge in [0, 0.05) is 49.2 Å². The van der Waals surface area contributed by atoms with Crippen molar-refractivity contribution in [2.75, 3.05) is 45.9 Å². The third kappa shape index (κ3) is 5.10. The van der Waals surface area contributed by atoms with Gasteiger partial charge in [-0.1, -0.05) is 36.7 Å². The summed E-state index contributed by atoms with van der Waals surface area (Å²) in [6, 6.07) is 7.20. The molecule has 1 unspecified atom stereocenters. The Labute approximate surface area is 188 Å². The van der Waals surface area contributed by atoms with E-state index in [1.54, 1.807) is 30.9 Å². The second-order valence-electron chi connectivity index (χ2n) is 7.79. The lowest BCUT2D eigenvalue weighted by Gasteiger charge is -2.37. The maximum atomic E-state index is 13.1. The summed E-state index contributed by atoms with van der Waals surface area (Å²) in [7, 11) is 0. The number of piperazine rings is 1. The number of hydrogen-bond acceptors (Lipinski definition) is 5. The van der Waals surface area contributed by atoms with Crippen molar-refractivity contribution in [1.29, 1.82) is 0 Å². The van der Waals surface area contributed by atoms with Crippen molar-refractivity contribution < 1.29 is 19.1 Å². The van der Waals surface area contributed by atoms with Crippen molar-refractivity contribution in [2.24, 2.45) is 0 Å². The molecule has 2 heterocycles. The number of benzene rings is 1. The first-order valence-electron chi connectivity index (χ1n) is 10.8. The van der Waals surface area contributed by atoms with Crippen LogP contribution in [0.15, 0.2) is 35.5 Å². The molecule has 2 aliphatic rings.